The fourth-order valence-corrected chi connectivity index (χ4v) is 13.9. The van der Waals surface area contributed by atoms with Crippen molar-refractivity contribution in [3.05, 3.63) is 115 Å². The number of ether oxygens (including phenoxy) is 4. The van der Waals surface area contributed by atoms with Gasteiger partial charge in [-0.25, -0.2) is 0 Å². The summed E-state index contributed by atoms with van der Waals surface area (Å²) in [5.74, 6) is 3.70. The van der Waals surface area contributed by atoms with Crippen LogP contribution in [0.5, 0.6) is 23.0 Å². The van der Waals surface area contributed by atoms with Crippen molar-refractivity contribution in [3.63, 3.8) is 0 Å². The van der Waals surface area contributed by atoms with Gasteiger partial charge in [-0.2, -0.15) is 0 Å². The van der Waals surface area contributed by atoms with E-state index in [1.165, 1.54) is 22.3 Å². The van der Waals surface area contributed by atoms with Crippen molar-refractivity contribution >= 4 is 0 Å². The second-order valence-electron chi connectivity index (χ2n) is 31.6. The molecule has 80 heavy (non-hydrogen) atoms. The normalized spacial score (nSPS) is 14.1. The molecular weight excluding hydrogens is 985 g/mol. The number of hydrogen-bond donors (Lipinski definition) is 4. The quantitative estimate of drug-likeness (QED) is 0.0448. The molecule has 0 heterocycles. The Morgan fingerprint density at radius 1 is 0.275 bits per heavy atom. The molecule has 4 aromatic carbocycles. The fourth-order valence-electron chi connectivity index (χ4n) is 13.9. The summed E-state index contributed by atoms with van der Waals surface area (Å²) in [6.07, 6.45) is 9.33. The molecule has 8 heteroatoms. The Kier molecular flexibility index (Phi) is 22.2. The van der Waals surface area contributed by atoms with Gasteiger partial charge in [0.1, 0.15) is 23.0 Å². The van der Waals surface area contributed by atoms with Crippen LogP contribution in [-0.2, 0) is 47.3 Å². The third kappa shape index (κ3) is 19.0. The van der Waals surface area contributed by atoms with Crippen LogP contribution >= 0.6 is 0 Å². The van der Waals surface area contributed by atoms with Crippen molar-refractivity contribution in [2.24, 2.45) is 44.6 Å². The van der Waals surface area contributed by atoms with Gasteiger partial charge >= 0.3 is 0 Å². The molecule has 0 atom stereocenters. The summed E-state index contributed by atoms with van der Waals surface area (Å²) in [6, 6.07) is 19.7. The summed E-state index contributed by atoms with van der Waals surface area (Å²) in [6.45, 7) is 51.8. The largest absolute Gasteiger partial charge is 0.493 e. The molecule has 8 bridgehead atoms. The van der Waals surface area contributed by atoms with E-state index in [1.54, 1.807) is 0 Å². The molecule has 0 amide bonds. The van der Waals surface area contributed by atoms with Crippen LogP contribution in [0.25, 0.3) is 0 Å². The lowest BCUT2D eigenvalue weighted by Gasteiger charge is -2.36. The highest BCUT2D eigenvalue weighted by Crippen LogP contribution is 2.48. The lowest BCUT2D eigenvalue weighted by Crippen LogP contribution is -2.26. The molecule has 8 nitrogen and oxygen atoms in total. The average molecular weight is 1100 g/mol. The van der Waals surface area contributed by atoms with Crippen molar-refractivity contribution in [1.82, 2.24) is 0 Å². The van der Waals surface area contributed by atoms with E-state index in [1.807, 2.05) is 0 Å². The topological polar surface area (TPSA) is 141 Å². The summed E-state index contributed by atoms with van der Waals surface area (Å²) in [4.78, 5) is 0. The first-order valence-electron chi connectivity index (χ1n) is 30.9. The third-order valence-electron chi connectivity index (χ3n) is 15.9. The van der Waals surface area contributed by atoms with Crippen LogP contribution in [-0.4, -0.2) is 52.6 Å². The maximum absolute atomic E-state index is 7.23. The molecule has 448 valence electrons. The number of rotatable bonds is 24. The molecule has 8 N–H and O–H groups in total. The smallest absolute Gasteiger partial charge is 0.126 e. The Balaban J connectivity index is 2.13. The van der Waals surface area contributed by atoms with Crippen LogP contribution in [0, 0.1) is 21.7 Å². The number of nitrogens with two attached hydrogens (primary N) is 4. The minimum absolute atomic E-state index is 0.0796. The van der Waals surface area contributed by atoms with Crippen LogP contribution in [0.15, 0.2) is 48.5 Å². The summed E-state index contributed by atoms with van der Waals surface area (Å²) in [5, 5.41) is 0. The minimum Gasteiger partial charge on any atom is -0.493 e. The Bertz CT molecular complexity index is 2200. The molecule has 0 saturated carbocycles. The second kappa shape index (κ2) is 26.7. The predicted octanol–water partition coefficient (Wildman–Crippen LogP) is 16.1. The minimum atomic E-state index is -0.176. The zero-order valence-electron chi connectivity index (χ0n) is 54.7. The van der Waals surface area contributed by atoms with E-state index >= 15 is 0 Å². The Hall–Kier alpha value is -4.08. The maximum atomic E-state index is 7.23. The highest BCUT2D eigenvalue weighted by molar-refractivity contribution is 5.60. The highest BCUT2D eigenvalue weighted by Gasteiger charge is 2.36. The van der Waals surface area contributed by atoms with Crippen LogP contribution < -0.4 is 41.9 Å². The molecular formula is C72H116N4O4. The first-order chi connectivity index (χ1) is 36.9. The van der Waals surface area contributed by atoms with E-state index in [9.17, 15) is 0 Å². The summed E-state index contributed by atoms with van der Waals surface area (Å²) in [7, 11) is 0. The van der Waals surface area contributed by atoms with Crippen LogP contribution in [0.4, 0.5) is 0 Å². The highest BCUT2D eigenvalue weighted by atomic mass is 16.5. The van der Waals surface area contributed by atoms with Gasteiger partial charge in [-0.15, -0.1) is 0 Å². The number of benzene rings is 4. The van der Waals surface area contributed by atoms with Gasteiger partial charge in [-0.1, -0.05) is 187 Å². The van der Waals surface area contributed by atoms with Crippen molar-refractivity contribution in [2.45, 2.75) is 237 Å². The van der Waals surface area contributed by atoms with Gasteiger partial charge in [-0.05, 0) is 188 Å². The molecule has 0 unspecified atom stereocenters. The zero-order valence-corrected chi connectivity index (χ0v) is 54.7. The van der Waals surface area contributed by atoms with Gasteiger partial charge < -0.3 is 41.9 Å². The van der Waals surface area contributed by atoms with E-state index in [-0.39, 0.29) is 43.3 Å². The maximum Gasteiger partial charge on any atom is 0.126 e. The fraction of sp³-hybridized carbons (Fsp3) is 0.667. The molecule has 1 aliphatic rings. The van der Waals surface area contributed by atoms with Gasteiger partial charge in [0.05, 0.1) is 26.4 Å². The standard InChI is InChI=1S/C72H116N4O4/c1-65(2,3)45-69(13,14)57-37-49-33-51-39-58(70(15,16)46-66(4,5)6)41-53(62(51)78-30-22-26-74)35-55-43-60(72(19,20)48-68(10,11)12)44-56(64(55)80-32-24-28-76)36-54-42-59(71(17,18)47-67(7,8)9)40-52(63(54)79-31-23-27-75)34-50(38-57)61(49)77-29-21-25-73/h37-44H,21-36,45-48,73-76H2,1-20H3. The first kappa shape index (κ1) is 66.7. The van der Waals surface area contributed by atoms with Crippen LogP contribution in [0.1, 0.15) is 257 Å². The van der Waals surface area contributed by atoms with E-state index < -0.39 is 0 Å². The van der Waals surface area contributed by atoms with E-state index in [0.29, 0.717) is 78.3 Å². The van der Waals surface area contributed by atoms with Gasteiger partial charge in [0.25, 0.3) is 0 Å². The second-order valence-corrected chi connectivity index (χ2v) is 31.6. The van der Waals surface area contributed by atoms with Gasteiger partial charge in [0.15, 0.2) is 0 Å². The van der Waals surface area contributed by atoms with Gasteiger partial charge in [0.2, 0.25) is 0 Å². The van der Waals surface area contributed by atoms with Gasteiger partial charge in [0, 0.05) is 25.7 Å². The predicted molar refractivity (Wildman–Crippen MR) is 342 cm³/mol. The lowest BCUT2D eigenvalue weighted by molar-refractivity contribution is 0.282. The van der Waals surface area contributed by atoms with Crippen LogP contribution in [0.2, 0.25) is 0 Å². The summed E-state index contributed by atoms with van der Waals surface area (Å²) >= 11 is 0. The Labute approximate surface area is 489 Å². The average Bonchev–Trinajstić information content (AvgIpc) is 3.28. The van der Waals surface area contributed by atoms with Crippen molar-refractivity contribution in [2.75, 3.05) is 52.6 Å². The molecule has 1 aliphatic carbocycles. The molecule has 0 spiro atoms. The summed E-state index contributed by atoms with van der Waals surface area (Å²) in [5.41, 5.74) is 39.1. The molecule has 0 aromatic heterocycles. The molecule has 4 aromatic rings. The Morgan fingerprint density at radius 2 is 0.425 bits per heavy atom. The van der Waals surface area contributed by atoms with Crippen molar-refractivity contribution in [3.8, 4) is 23.0 Å². The SMILES string of the molecule is CC(C)(C)CC(C)(C)c1cc2c(OCCCN)c(c1)Cc1cc(C(C)(C)CC(C)(C)C)cc(c1OCCCN)Cc1cc(C(C)(C)CC(C)(C)C)cc(c1OCCCN)Cc1cc(C(C)(C)CC(C)(C)C)cc(c1OCCCN)C2. The first-order valence-corrected chi connectivity index (χ1v) is 30.9. The van der Waals surface area contributed by atoms with E-state index in [2.05, 4.69) is 187 Å². The lowest BCUT2D eigenvalue weighted by atomic mass is 9.70. The molecule has 0 saturated heterocycles. The monoisotopic (exact) mass is 1100 g/mol. The van der Waals surface area contributed by atoms with Crippen molar-refractivity contribution < 1.29 is 18.9 Å². The van der Waals surface area contributed by atoms with Gasteiger partial charge in [-0.3, -0.25) is 0 Å². The molecule has 5 rings (SSSR count). The number of hydrogen-bond acceptors (Lipinski definition) is 8. The molecule has 0 aliphatic heterocycles. The molecule has 0 fully saturated rings. The van der Waals surface area contributed by atoms with E-state index in [4.69, 9.17) is 41.9 Å². The van der Waals surface area contributed by atoms with Crippen LogP contribution in [0.3, 0.4) is 0 Å². The van der Waals surface area contributed by atoms with E-state index in [0.717, 1.165) is 119 Å². The third-order valence-corrected chi connectivity index (χ3v) is 15.9. The summed E-state index contributed by atoms with van der Waals surface area (Å²) < 4.78 is 28.9. The number of fused-ring (bicyclic) bond motifs is 8. The zero-order chi connectivity index (χ0) is 59.9. The molecule has 0 radical (unpaired) electrons. The van der Waals surface area contributed by atoms with Crippen molar-refractivity contribution in [1.29, 1.82) is 0 Å². The Morgan fingerprint density at radius 3 is 0.550 bits per heavy atom.